The first-order chi connectivity index (χ1) is 9.66. The monoisotopic (exact) mass is 275 g/mol. The molecule has 1 fully saturated rings. The summed E-state index contributed by atoms with van der Waals surface area (Å²) in [5, 5.41) is 2.91. The highest BCUT2D eigenvalue weighted by atomic mass is 16.2. The van der Waals surface area contributed by atoms with E-state index in [2.05, 4.69) is 10.3 Å². The van der Waals surface area contributed by atoms with E-state index in [1.807, 2.05) is 12.1 Å². The van der Waals surface area contributed by atoms with Gasteiger partial charge in [0.1, 0.15) is 0 Å². The molecule has 0 radical (unpaired) electrons. The van der Waals surface area contributed by atoms with Crippen molar-refractivity contribution >= 4 is 11.8 Å². The van der Waals surface area contributed by atoms with Gasteiger partial charge in [-0.1, -0.05) is 12.5 Å². The van der Waals surface area contributed by atoms with Gasteiger partial charge in [-0.05, 0) is 24.5 Å². The second kappa shape index (κ2) is 7.03. The fourth-order valence-corrected chi connectivity index (χ4v) is 2.19. The van der Waals surface area contributed by atoms with Gasteiger partial charge in [0.25, 0.3) is 0 Å². The van der Waals surface area contributed by atoms with Crippen LogP contribution < -0.4 is 5.32 Å². The predicted molar refractivity (Wildman–Crippen MR) is 75.7 cm³/mol. The molecule has 0 aliphatic heterocycles. The van der Waals surface area contributed by atoms with Crippen LogP contribution in [0.2, 0.25) is 0 Å². The Balaban J connectivity index is 1.77. The summed E-state index contributed by atoms with van der Waals surface area (Å²) in [6, 6.07) is 3.79. The molecule has 1 aliphatic rings. The van der Waals surface area contributed by atoms with Gasteiger partial charge in [0.2, 0.25) is 11.8 Å². The molecular weight excluding hydrogens is 254 g/mol. The maximum absolute atomic E-state index is 11.7. The number of hydrogen-bond donors (Lipinski definition) is 1. The summed E-state index contributed by atoms with van der Waals surface area (Å²) in [4.78, 5) is 29.1. The summed E-state index contributed by atoms with van der Waals surface area (Å²) < 4.78 is 0. The van der Waals surface area contributed by atoms with Crippen molar-refractivity contribution in [3.8, 4) is 0 Å². The van der Waals surface area contributed by atoms with Gasteiger partial charge in [0.15, 0.2) is 0 Å². The number of nitrogens with zero attached hydrogens (tertiary/aromatic N) is 2. The molecule has 0 saturated heterocycles. The summed E-state index contributed by atoms with van der Waals surface area (Å²) >= 11 is 0. The van der Waals surface area contributed by atoms with Gasteiger partial charge in [-0.25, -0.2) is 0 Å². The lowest BCUT2D eigenvalue weighted by molar-refractivity contribution is -0.131. The molecule has 5 heteroatoms. The lowest BCUT2D eigenvalue weighted by atomic mass is 9.85. The maximum Gasteiger partial charge on any atom is 0.223 e. The van der Waals surface area contributed by atoms with Crippen LogP contribution in [-0.2, 0) is 16.1 Å². The molecule has 1 aliphatic carbocycles. The minimum atomic E-state index is 0.00625. The van der Waals surface area contributed by atoms with Crippen LogP contribution in [0, 0.1) is 5.92 Å². The molecule has 108 valence electrons. The first kappa shape index (κ1) is 14.5. The Kier molecular flexibility index (Phi) is 5.09. The first-order valence-corrected chi connectivity index (χ1v) is 7.09. The smallest absolute Gasteiger partial charge is 0.223 e. The van der Waals surface area contributed by atoms with Gasteiger partial charge in [0, 0.05) is 44.9 Å². The van der Waals surface area contributed by atoms with Gasteiger partial charge in [-0.2, -0.15) is 0 Å². The average Bonchev–Trinajstić information content (AvgIpc) is 2.36. The third-order valence-corrected chi connectivity index (χ3v) is 3.70. The lowest BCUT2D eigenvalue weighted by Gasteiger charge is -2.25. The van der Waals surface area contributed by atoms with E-state index in [0.29, 0.717) is 19.6 Å². The molecule has 1 heterocycles. The number of carbonyl (C=O) groups is 2. The highest BCUT2D eigenvalue weighted by Gasteiger charge is 2.24. The Morgan fingerprint density at radius 3 is 2.80 bits per heavy atom. The molecular formula is C15H21N3O2. The van der Waals surface area contributed by atoms with Crippen molar-refractivity contribution in [1.29, 1.82) is 0 Å². The number of aromatic nitrogens is 1. The van der Waals surface area contributed by atoms with E-state index < -0.39 is 0 Å². The van der Waals surface area contributed by atoms with E-state index in [-0.39, 0.29) is 17.7 Å². The molecule has 1 saturated carbocycles. The summed E-state index contributed by atoms with van der Waals surface area (Å²) in [6.45, 7) is 3.12. The van der Waals surface area contributed by atoms with Crippen molar-refractivity contribution in [3.63, 3.8) is 0 Å². The number of nitrogens with one attached hydrogen (secondary N) is 1. The van der Waals surface area contributed by atoms with Crippen molar-refractivity contribution in [2.75, 3.05) is 13.1 Å². The van der Waals surface area contributed by atoms with Crippen LogP contribution in [0.5, 0.6) is 0 Å². The normalized spacial score (nSPS) is 14.4. The number of carbonyl (C=O) groups excluding carboxylic acids is 2. The van der Waals surface area contributed by atoms with E-state index >= 15 is 0 Å². The zero-order valence-electron chi connectivity index (χ0n) is 11.8. The van der Waals surface area contributed by atoms with Crippen molar-refractivity contribution in [1.82, 2.24) is 15.2 Å². The molecule has 0 unspecified atom stereocenters. The zero-order valence-corrected chi connectivity index (χ0v) is 11.8. The standard InChI is InChI=1S/C15H21N3O2/c1-12(19)18(11-13-4-3-7-16-10-13)9-8-17-15(20)14-5-2-6-14/h3-4,7,10,14H,2,5-6,8-9,11H2,1H3,(H,17,20). The molecule has 2 amide bonds. The van der Waals surface area contributed by atoms with E-state index in [4.69, 9.17) is 0 Å². The van der Waals surface area contributed by atoms with Crippen LogP contribution in [0.1, 0.15) is 31.7 Å². The summed E-state index contributed by atoms with van der Waals surface area (Å²) in [6.07, 6.45) is 6.61. The fraction of sp³-hybridized carbons (Fsp3) is 0.533. The topological polar surface area (TPSA) is 62.3 Å². The highest BCUT2D eigenvalue weighted by molar-refractivity contribution is 5.79. The van der Waals surface area contributed by atoms with E-state index in [1.54, 1.807) is 24.2 Å². The molecule has 20 heavy (non-hydrogen) atoms. The Morgan fingerprint density at radius 2 is 2.25 bits per heavy atom. The third kappa shape index (κ3) is 4.05. The van der Waals surface area contributed by atoms with Gasteiger partial charge in [-0.3, -0.25) is 14.6 Å². The molecule has 0 atom stereocenters. The van der Waals surface area contributed by atoms with Crippen LogP contribution in [0.15, 0.2) is 24.5 Å². The molecule has 0 spiro atoms. The maximum atomic E-state index is 11.7. The van der Waals surface area contributed by atoms with Crippen molar-refractivity contribution in [2.24, 2.45) is 5.92 Å². The van der Waals surface area contributed by atoms with Gasteiger partial charge in [-0.15, -0.1) is 0 Å². The number of hydrogen-bond acceptors (Lipinski definition) is 3. The minimum Gasteiger partial charge on any atom is -0.354 e. The van der Waals surface area contributed by atoms with Crippen LogP contribution in [0.4, 0.5) is 0 Å². The summed E-state index contributed by atoms with van der Waals surface area (Å²) in [5.74, 6) is 0.326. The Bertz CT molecular complexity index is 457. The summed E-state index contributed by atoms with van der Waals surface area (Å²) in [7, 11) is 0. The molecule has 1 aromatic rings. The second-order valence-corrected chi connectivity index (χ2v) is 5.22. The Morgan fingerprint density at radius 1 is 1.45 bits per heavy atom. The number of pyridine rings is 1. The third-order valence-electron chi connectivity index (χ3n) is 3.70. The first-order valence-electron chi connectivity index (χ1n) is 7.09. The quantitative estimate of drug-likeness (QED) is 0.852. The molecule has 2 rings (SSSR count). The van der Waals surface area contributed by atoms with E-state index in [1.165, 1.54) is 0 Å². The zero-order chi connectivity index (χ0) is 14.4. The Hall–Kier alpha value is -1.91. The lowest BCUT2D eigenvalue weighted by Crippen LogP contribution is -2.40. The van der Waals surface area contributed by atoms with Crippen molar-refractivity contribution in [2.45, 2.75) is 32.7 Å². The molecule has 1 aromatic heterocycles. The average molecular weight is 275 g/mol. The number of rotatable bonds is 6. The largest absolute Gasteiger partial charge is 0.354 e. The van der Waals surface area contributed by atoms with Crippen molar-refractivity contribution in [3.05, 3.63) is 30.1 Å². The predicted octanol–water partition coefficient (Wildman–Crippen LogP) is 1.35. The van der Waals surface area contributed by atoms with Gasteiger partial charge >= 0.3 is 0 Å². The summed E-state index contributed by atoms with van der Waals surface area (Å²) in [5.41, 5.74) is 0.994. The molecule has 0 aromatic carbocycles. The highest BCUT2D eigenvalue weighted by Crippen LogP contribution is 2.25. The van der Waals surface area contributed by atoms with Gasteiger partial charge in [0.05, 0.1) is 0 Å². The van der Waals surface area contributed by atoms with Crippen molar-refractivity contribution < 1.29 is 9.59 Å². The van der Waals surface area contributed by atoms with Crippen LogP contribution in [-0.4, -0.2) is 34.8 Å². The Labute approximate surface area is 119 Å². The van der Waals surface area contributed by atoms with Crippen LogP contribution in [0.25, 0.3) is 0 Å². The van der Waals surface area contributed by atoms with E-state index in [0.717, 1.165) is 24.8 Å². The molecule has 1 N–H and O–H groups in total. The SMILES string of the molecule is CC(=O)N(CCNC(=O)C1CCC1)Cc1cccnc1. The number of amides is 2. The molecule has 0 bridgehead atoms. The van der Waals surface area contributed by atoms with Gasteiger partial charge < -0.3 is 10.2 Å². The fourth-order valence-electron chi connectivity index (χ4n) is 2.19. The molecule has 5 nitrogen and oxygen atoms in total. The minimum absolute atomic E-state index is 0.00625. The second-order valence-electron chi connectivity index (χ2n) is 5.22. The van der Waals surface area contributed by atoms with Crippen LogP contribution >= 0.6 is 0 Å². The van der Waals surface area contributed by atoms with Crippen LogP contribution in [0.3, 0.4) is 0 Å². The van der Waals surface area contributed by atoms with E-state index in [9.17, 15) is 9.59 Å².